The van der Waals surface area contributed by atoms with E-state index in [1.807, 2.05) is 53.1 Å². The molecule has 8 nitrogen and oxygen atoms in total. The molecule has 0 bridgehead atoms. The number of hydrogen-bond acceptors (Lipinski definition) is 4. The van der Waals surface area contributed by atoms with E-state index in [-0.39, 0.29) is 29.9 Å². The van der Waals surface area contributed by atoms with Crippen molar-refractivity contribution in [3.05, 3.63) is 65.6 Å². The molecule has 0 saturated heterocycles. The molecule has 0 saturated carbocycles. The Hall–Kier alpha value is -2.69. The molecule has 3 aromatic rings. The number of carbonyl (C=O) groups is 1. The lowest BCUT2D eigenvalue weighted by Crippen LogP contribution is -2.36. The predicted molar refractivity (Wildman–Crippen MR) is 120 cm³/mol. The maximum atomic E-state index is 11.9. The number of guanidine groups is 1. The van der Waals surface area contributed by atoms with Gasteiger partial charge in [0, 0.05) is 39.4 Å². The molecule has 1 aromatic carbocycles. The van der Waals surface area contributed by atoms with Crippen LogP contribution in [0.4, 0.5) is 0 Å². The van der Waals surface area contributed by atoms with Crippen LogP contribution in [0.3, 0.4) is 0 Å². The van der Waals surface area contributed by atoms with Crippen LogP contribution in [0.25, 0.3) is 5.65 Å². The fraction of sp³-hybridized carbons (Fsp3) is 0.263. The van der Waals surface area contributed by atoms with E-state index in [0.29, 0.717) is 24.6 Å². The molecule has 2 N–H and O–H groups in total. The number of nitrogens with one attached hydrogen (secondary N) is 2. The van der Waals surface area contributed by atoms with Gasteiger partial charge in [-0.05, 0) is 29.8 Å². The molecule has 148 valence electrons. The Morgan fingerprint density at radius 1 is 1.07 bits per heavy atom. The summed E-state index contributed by atoms with van der Waals surface area (Å²) in [5.41, 5.74) is 2.54. The maximum absolute atomic E-state index is 11.9. The Kier molecular flexibility index (Phi) is 7.73. The van der Waals surface area contributed by atoms with E-state index in [9.17, 15) is 4.79 Å². The van der Waals surface area contributed by atoms with Crippen molar-refractivity contribution in [3.8, 4) is 0 Å². The Morgan fingerprint density at radius 2 is 1.79 bits per heavy atom. The molecule has 28 heavy (non-hydrogen) atoms. The Bertz CT molecular complexity index is 950. The summed E-state index contributed by atoms with van der Waals surface area (Å²) >= 11 is 0. The lowest BCUT2D eigenvalue weighted by molar-refractivity contribution is 0.0827. The van der Waals surface area contributed by atoms with Gasteiger partial charge in [-0.25, -0.2) is 0 Å². The fourth-order valence-corrected chi connectivity index (χ4v) is 2.60. The van der Waals surface area contributed by atoms with Crippen molar-refractivity contribution in [2.24, 2.45) is 4.99 Å². The van der Waals surface area contributed by atoms with Crippen LogP contribution < -0.4 is 10.6 Å². The van der Waals surface area contributed by atoms with E-state index in [2.05, 4.69) is 25.8 Å². The van der Waals surface area contributed by atoms with E-state index in [1.54, 1.807) is 26.0 Å². The third-order valence-corrected chi connectivity index (χ3v) is 4.09. The molecular weight excluding hydrogens is 469 g/mol. The van der Waals surface area contributed by atoms with E-state index in [4.69, 9.17) is 0 Å². The third kappa shape index (κ3) is 5.18. The first kappa shape index (κ1) is 21.6. The SMILES string of the molecule is CN=C(NCc1ccc(C(=O)N(C)C)cc1)NCc1nnc2ccccn12.I. The summed E-state index contributed by atoms with van der Waals surface area (Å²) < 4.78 is 1.93. The van der Waals surface area contributed by atoms with Crippen LogP contribution in [-0.4, -0.2) is 52.5 Å². The maximum Gasteiger partial charge on any atom is 0.253 e. The summed E-state index contributed by atoms with van der Waals surface area (Å²) in [4.78, 5) is 17.7. The highest BCUT2D eigenvalue weighted by molar-refractivity contribution is 14.0. The Morgan fingerprint density at radius 3 is 2.46 bits per heavy atom. The van der Waals surface area contributed by atoms with Gasteiger partial charge in [-0.15, -0.1) is 34.2 Å². The minimum atomic E-state index is -0.00693. The van der Waals surface area contributed by atoms with Gasteiger partial charge >= 0.3 is 0 Å². The number of carbonyl (C=O) groups excluding carboxylic acids is 1. The molecule has 2 aromatic heterocycles. The summed E-state index contributed by atoms with van der Waals surface area (Å²) in [7, 11) is 5.20. The molecule has 0 aliphatic rings. The molecule has 0 fully saturated rings. The minimum absolute atomic E-state index is 0. The Balaban J connectivity index is 0.00000280. The second kappa shape index (κ2) is 10.0. The molecule has 1 amide bonds. The normalized spacial score (nSPS) is 11.0. The van der Waals surface area contributed by atoms with Gasteiger partial charge in [-0.2, -0.15) is 0 Å². The molecule has 9 heteroatoms. The summed E-state index contributed by atoms with van der Waals surface area (Å²) in [6, 6.07) is 13.3. The van der Waals surface area contributed by atoms with Crippen molar-refractivity contribution in [1.29, 1.82) is 0 Å². The van der Waals surface area contributed by atoms with Gasteiger partial charge in [0.1, 0.15) is 0 Å². The minimum Gasteiger partial charge on any atom is -0.352 e. The van der Waals surface area contributed by atoms with Gasteiger partial charge in [0.25, 0.3) is 5.91 Å². The van der Waals surface area contributed by atoms with Crippen LogP contribution in [0.2, 0.25) is 0 Å². The highest BCUT2D eigenvalue weighted by Gasteiger charge is 2.08. The van der Waals surface area contributed by atoms with Gasteiger partial charge < -0.3 is 15.5 Å². The first-order valence-electron chi connectivity index (χ1n) is 8.62. The van der Waals surface area contributed by atoms with Gasteiger partial charge in [-0.3, -0.25) is 14.2 Å². The second-order valence-corrected chi connectivity index (χ2v) is 6.22. The Labute approximate surface area is 181 Å². The van der Waals surface area contributed by atoms with E-state index in [0.717, 1.165) is 17.0 Å². The highest BCUT2D eigenvalue weighted by Crippen LogP contribution is 2.06. The molecule has 0 atom stereocenters. The van der Waals surface area contributed by atoms with E-state index < -0.39 is 0 Å². The number of aromatic nitrogens is 3. The number of nitrogens with zero attached hydrogens (tertiary/aromatic N) is 5. The smallest absolute Gasteiger partial charge is 0.253 e. The quantitative estimate of drug-likeness (QED) is 0.322. The average Bonchev–Trinajstić information content (AvgIpc) is 3.11. The molecule has 2 heterocycles. The number of rotatable bonds is 5. The van der Waals surface area contributed by atoms with Gasteiger partial charge in [0.15, 0.2) is 17.4 Å². The number of halogens is 1. The zero-order chi connectivity index (χ0) is 19.2. The molecule has 3 rings (SSSR count). The van der Waals surface area contributed by atoms with Gasteiger partial charge in [0.05, 0.1) is 6.54 Å². The first-order chi connectivity index (χ1) is 13.1. The van der Waals surface area contributed by atoms with Crippen LogP contribution in [0, 0.1) is 0 Å². The highest BCUT2D eigenvalue weighted by atomic mass is 127. The molecule has 0 unspecified atom stereocenters. The van der Waals surface area contributed by atoms with Crippen molar-refractivity contribution < 1.29 is 4.79 Å². The van der Waals surface area contributed by atoms with Crippen LogP contribution in [-0.2, 0) is 13.1 Å². The van der Waals surface area contributed by atoms with Crippen molar-refractivity contribution in [2.45, 2.75) is 13.1 Å². The lowest BCUT2D eigenvalue weighted by atomic mass is 10.1. The van der Waals surface area contributed by atoms with Gasteiger partial charge in [0.2, 0.25) is 0 Å². The molecule has 0 aliphatic heterocycles. The van der Waals surface area contributed by atoms with Crippen molar-refractivity contribution >= 4 is 41.5 Å². The number of fused-ring (bicyclic) bond motifs is 1. The fourth-order valence-electron chi connectivity index (χ4n) is 2.60. The van der Waals surface area contributed by atoms with Crippen LogP contribution in [0.15, 0.2) is 53.7 Å². The number of benzene rings is 1. The lowest BCUT2D eigenvalue weighted by Gasteiger charge is -2.13. The number of aliphatic imine (C=N–C) groups is 1. The zero-order valence-electron chi connectivity index (χ0n) is 16.1. The summed E-state index contributed by atoms with van der Waals surface area (Å²) in [5.74, 6) is 1.46. The largest absolute Gasteiger partial charge is 0.352 e. The molecule has 0 aliphatic carbocycles. The summed E-state index contributed by atoms with van der Waals surface area (Å²) in [6.45, 7) is 1.10. The van der Waals surface area contributed by atoms with Crippen molar-refractivity contribution in [3.63, 3.8) is 0 Å². The van der Waals surface area contributed by atoms with Crippen molar-refractivity contribution in [1.82, 2.24) is 30.1 Å². The van der Waals surface area contributed by atoms with Crippen LogP contribution >= 0.6 is 24.0 Å². The standard InChI is InChI=1S/C19H23N7O.HI/c1-20-19(22-13-17-24-23-16-6-4-5-11-26(16)17)21-12-14-7-9-15(10-8-14)18(27)25(2)3;/h4-11H,12-13H2,1-3H3,(H2,20,21,22);1H. The number of amides is 1. The summed E-state index contributed by atoms with van der Waals surface area (Å²) in [5, 5.41) is 14.8. The van der Waals surface area contributed by atoms with Crippen molar-refractivity contribution in [2.75, 3.05) is 21.1 Å². The number of hydrogen-bond donors (Lipinski definition) is 2. The molecule has 0 radical (unpaired) electrons. The monoisotopic (exact) mass is 493 g/mol. The van der Waals surface area contributed by atoms with Crippen LogP contribution in [0.1, 0.15) is 21.7 Å². The number of pyridine rings is 1. The van der Waals surface area contributed by atoms with E-state index >= 15 is 0 Å². The second-order valence-electron chi connectivity index (χ2n) is 6.22. The van der Waals surface area contributed by atoms with Crippen LogP contribution in [0.5, 0.6) is 0 Å². The molecular formula is C19H24IN7O. The topological polar surface area (TPSA) is 86.9 Å². The summed E-state index contributed by atoms with van der Waals surface area (Å²) in [6.07, 6.45) is 1.93. The van der Waals surface area contributed by atoms with Gasteiger partial charge in [-0.1, -0.05) is 18.2 Å². The average molecular weight is 493 g/mol. The molecule has 0 spiro atoms. The first-order valence-corrected chi connectivity index (χ1v) is 8.62. The predicted octanol–water partition coefficient (Wildman–Crippen LogP) is 1.91. The third-order valence-electron chi connectivity index (χ3n) is 4.09. The zero-order valence-corrected chi connectivity index (χ0v) is 18.4. The van der Waals surface area contributed by atoms with E-state index in [1.165, 1.54) is 0 Å².